The number of rotatable bonds is 3. The van der Waals surface area contributed by atoms with Gasteiger partial charge < -0.3 is 10.2 Å². The first-order chi connectivity index (χ1) is 11.8. The molecule has 3 rings (SSSR count). The third-order valence-corrected chi connectivity index (χ3v) is 4.12. The van der Waals surface area contributed by atoms with E-state index in [0.29, 0.717) is 18.8 Å². The van der Waals surface area contributed by atoms with Gasteiger partial charge in [-0.15, -0.1) is 5.10 Å². The van der Waals surface area contributed by atoms with Crippen molar-refractivity contribution in [1.29, 1.82) is 0 Å². The van der Waals surface area contributed by atoms with Crippen LogP contribution in [0.15, 0.2) is 30.6 Å². The number of aromatic nitrogens is 3. The smallest absolute Gasteiger partial charge is 0.321 e. The van der Waals surface area contributed by atoms with Crippen molar-refractivity contribution in [2.24, 2.45) is 0 Å². The standard InChI is InChI=1S/C17H23FN6O/c1-17(2,3)24-11-19-15(22-24)21-16(25)20-12-8-9-23(10-12)14-7-5-4-6-13(14)18/h4-7,11-12H,8-10H2,1-3H3,(H2,20,21,22,25)/t12-/m1/s1. The topological polar surface area (TPSA) is 75.1 Å². The Bertz CT molecular complexity index is 754. The summed E-state index contributed by atoms with van der Waals surface area (Å²) in [5, 5.41) is 9.78. The van der Waals surface area contributed by atoms with Crippen LogP contribution < -0.4 is 15.5 Å². The molecule has 1 aliphatic heterocycles. The Labute approximate surface area is 146 Å². The van der Waals surface area contributed by atoms with E-state index >= 15 is 0 Å². The molecular formula is C17H23FN6O. The largest absolute Gasteiger partial charge is 0.367 e. The number of halogens is 1. The first-order valence-electron chi connectivity index (χ1n) is 8.32. The summed E-state index contributed by atoms with van der Waals surface area (Å²) in [6.45, 7) is 7.27. The van der Waals surface area contributed by atoms with Crippen molar-refractivity contribution in [3.05, 3.63) is 36.4 Å². The number of urea groups is 1. The van der Waals surface area contributed by atoms with Crippen molar-refractivity contribution >= 4 is 17.7 Å². The van der Waals surface area contributed by atoms with Gasteiger partial charge in [0.25, 0.3) is 0 Å². The van der Waals surface area contributed by atoms with E-state index in [1.165, 1.54) is 6.07 Å². The Morgan fingerprint density at radius 2 is 2.08 bits per heavy atom. The van der Waals surface area contributed by atoms with Crippen LogP contribution in [0.1, 0.15) is 27.2 Å². The third-order valence-electron chi connectivity index (χ3n) is 4.12. The second-order valence-electron chi connectivity index (χ2n) is 7.17. The fraction of sp³-hybridized carbons (Fsp3) is 0.471. The number of anilines is 2. The Kier molecular flexibility index (Phi) is 4.61. The maximum Gasteiger partial charge on any atom is 0.321 e. The molecule has 0 spiro atoms. The van der Waals surface area contributed by atoms with Gasteiger partial charge in [-0.3, -0.25) is 5.32 Å². The summed E-state index contributed by atoms with van der Waals surface area (Å²) in [6.07, 6.45) is 2.34. The molecule has 2 heterocycles. The zero-order valence-electron chi connectivity index (χ0n) is 14.7. The van der Waals surface area contributed by atoms with Gasteiger partial charge in [0.05, 0.1) is 11.2 Å². The molecule has 0 unspecified atom stereocenters. The van der Waals surface area contributed by atoms with Crippen LogP contribution >= 0.6 is 0 Å². The van der Waals surface area contributed by atoms with Gasteiger partial charge >= 0.3 is 6.03 Å². The summed E-state index contributed by atoms with van der Waals surface area (Å²) in [5.41, 5.74) is 0.368. The van der Waals surface area contributed by atoms with E-state index in [9.17, 15) is 9.18 Å². The van der Waals surface area contributed by atoms with Crippen molar-refractivity contribution in [1.82, 2.24) is 20.1 Å². The lowest BCUT2D eigenvalue weighted by atomic mass is 10.1. The van der Waals surface area contributed by atoms with Gasteiger partial charge in [-0.05, 0) is 39.3 Å². The highest BCUT2D eigenvalue weighted by Gasteiger charge is 2.26. The molecule has 0 aliphatic carbocycles. The SMILES string of the molecule is CC(C)(C)n1cnc(NC(=O)N[C@@H]2CCN(c3ccccc3F)C2)n1. The van der Waals surface area contributed by atoms with Crippen LogP contribution in [0, 0.1) is 5.82 Å². The van der Waals surface area contributed by atoms with E-state index in [1.807, 2.05) is 31.7 Å². The highest BCUT2D eigenvalue weighted by molar-refractivity contribution is 5.87. The van der Waals surface area contributed by atoms with Crippen molar-refractivity contribution in [2.45, 2.75) is 38.8 Å². The number of carbonyl (C=O) groups is 1. The van der Waals surface area contributed by atoms with Crippen LogP contribution in [0.5, 0.6) is 0 Å². The molecule has 0 radical (unpaired) electrons. The quantitative estimate of drug-likeness (QED) is 0.896. The number of carbonyl (C=O) groups excluding carboxylic acids is 1. The zero-order chi connectivity index (χ0) is 18.0. The molecule has 1 aromatic carbocycles. The number of amides is 2. The highest BCUT2D eigenvalue weighted by Crippen LogP contribution is 2.23. The van der Waals surface area contributed by atoms with E-state index < -0.39 is 0 Å². The van der Waals surface area contributed by atoms with E-state index in [4.69, 9.17) is 0 Å². The molecule has 25 heavy (non-hydrogen) atoms. The Balaban J connectivity index is 1.54. The number of hydrogen-bond acceptors (Lipinski definition) is 4. The first kappa shape index (κ1) is 17.2. The molecule has 7 nitrogen and oxygen atoms in total. The maximum absolute atomic E-state index is 13.9. The molecular weight excluding hydrogens is 323 g/mol. The van der Waals surface area contributed by atoms with Crippen LogP contribution in [-0.2, 0) is 5.54 Å². The predicted molar refractivity (Wildman–Crippen MR) is 94.2 cm³/mol. The summed E-state index contributed by atoms with van der Waals surface area (Å²) >= 11 is 0. The normalized spacial score (nSPS) is 17.6. The predicted octanol–water partition coefficient (Wildman–Crippen LogP) is 2.57. The summed E-state index contributed by atoms with van der Waals surface area (Å²) in [6, 6.07) is 6.27. The minimum atomic E-state index is -0.355. The molecule has 1 fully saturated rings. The van der Waals surface area contributed by atoms with Crippen molar-refractivity contribution in [2.75, 3.05) is 23.3 Å². The first-order valence-corrected chi connectivity index (χ1v) is 8.32. The summed E-state index contributed by atoms with van der Waals surface area (Å²) in [4.78, 5) is 18.2. The highest BCUT2D eigenvalue weighted by atomic mass is 19.1. The van der Waals surface area contributed by atoms with Gasteiger partial charge in [-0.1, -0.05) is 12.1 Å². The number of hydrogen-bond donors (Lipinski definition) is 2. The Morgan fingerprint density at radius 1 is 1.32 bits per heavy atom. The van der Waals surface area contributed by atoms with Gasteiger partial charge in [-0.2, -0.15) is 0 Å². The van der Waals surface area contributed by atoms with Crippen LogP contribution in [0.25, 0.3) is 0 Å². The number of nitrogens with one attached hydrogen (secondary N) is 2. The van der Waals surface area contributed by atoms with Gasteiger partial charge in [-0.25, -0.2) is 18.9 Å². The molecule has 1 saturated heterocycles. The number of benzene rings is 1. The fourth-order valence-corrected chi connectivity index (χ4v) is 2.77. The summed E-state index contributed by atoms with van der Waals surface area (Å²) in [7, 11) is 0. The molecule has 8 heteroatoms. The molecule has 1 aromatic heterocycles. The fourth-order valence-electron chi connectivity index (χ4n) is 2.77. The third kappa shape index (κ3) is 4.07. The lowest BCUT2D eigenvalue weighted by Gasteiger charge is -2.19. The van der Waals surface area contributed by atoms with Crippen molar-refractivity contribution in [3.8, 4) is 0 Å². The number of para-hydroxylation sites is 1. The molecule has 2 amide bonds. The second kappa shape index (κ2) is 6.70. The molecule has 2 aromatic rings. The lowest BCUT2D eigenvalue weighted by molar-refractivity contribution is 0.249. The van der Waals surface area contributed by atoms with E-state index in [-0.39, 0.29) is 29.4 Å². The van der Waals surface area contributed by atoms with Crippen LogP contribution in [-0.4, -0.2) is 39.9 Å². The molecule has 2 N–H and O–H groups in total. The molecule has 1 atom stereocenters. The Morgan fingerprint density at radius 3 is 2.76 bits per heavy atom. The molecule has 1 aliphatic rings. The van der Waals surface area contributed by atoms with Crippen LogP contribution in [0.3, 0.4) is 0 Å². The monoisotopic (exact) mass is 346 g/mol. The van der Waals surface area contributed by atoms with E-state index in [0.717, 1.165) is 6.42 Å². The molecule has 0 bridgehead atoms. The van der Waals surface area contributed by atoms with E-state index in [1.54, 1.807) is 23.1 Å². The summed E-state index contributed by atoms with van der Waals surface area (Å²) in [5.74, 6) is 0.0147. The van der Waals surface area contributed by atoms with Gasteiger partial charge in [0.1, 0.15) is 12.1 Å². The van der Waals surface area contributed by atoms with Crippen LogP contribution in [0.2, 0.25) is 0 Å². The van der Waals surface area contributed by atoms with Gasteiger partial charge in [0, 0.05) is 19.1 Å². The van der Waals surface area contributed by atoms with Crippen molar-refractivity contribution < 1.29 is 9.18 Å². The van der Waals surface area contributed by atoms with E-state index in [2.05, 4.69) is 20.7 Å². The van der Waals surface area contributed by atoms with Gasteiger partial charge in [0.2, 0.25) is 5.95 Å². The van der Waals surface area contributed by atoms with Crippen molar-refractivity contribution in [3.63, 3.8) is 0 Å². The van der Waals surface area contributed by atoms with Gasteiger partial charge in [0.15, 0.2) is 0 Å². The second-order valence-corrected chi connectivity index (χ2v) is 7.17. The minimum absolute atomic E-state index is 0.0516. The molecule has 0 saturated carbocycles. The lowest BCUT2D eigenvalue weighted by Crippen LogP contribution is -2.40. The summed E-state index contributed by atoms with van der Waals surface area (Å²) < 4.78 is 15.5. The molecule has 134 valence electrons. The zero-order valence-corrected chi connectivity index (χ0v) is 14.7. The Hall–Kier alpha value is -2.64. The number of nitrogens with zero attached hydrogens (tertiary/aromatic N) is 4. The minimum Gasteiger partial charge on any atom is -0.367 e. The van der Waals surface area contributed by atoms with Crippen LogP contribution in [0.4, 0.5) is 20.8 Å². The maximum atomic E-state index is 13.9. The average molecular weight is 346 g/mol. The average Bonchev–Trinajstić information content (AvgIpc) is 3.17.